The molecule has 0 saturated heterocycles. The van der Waals surface area contributed by atoms with Gasteiger partial charge in [-0.25, -0.2) is 0 Å². The molecule has 0 aromatic carbocycles. The van der Waals surface area contributed by atoms with Crippen LogP contribution in [0.4, 0.5) is 0 Å². The van der Waals surface area contributed by atoms with E-state index in [4.69, 9.17) is 0 Å². The molecule has 1 heterocycles. The predicted molar refractivity (Wildman–Crippen MR) is 63.8 cm³/mol. The van der Waals surface area contributed by atoms with Crippen molar-refractivity contribution in [3.8, 4) is 0 Å². The summed E-state index contributed by atoms with van der Waals surface area (Å²) in [6, 6.07) is 1.97. The van der Waals surface area contributed by atoms with E-state index in [0.717, 1.165) is 32.0 Å². The highest BCUT2D eigenvalue weighted by molar-refractivity contribution is 4.77. The van der Waals surface area contributed by atoms with Gasteiger partial charge in [0.15, 0.2) is 0 Å². The topological polar surface area (TPSA) is 29.9 Å². The van der Waals surface area contributed by atoms with Gasteiger partial charge in [0, 0.05) is 18.9 Å². The maximum absolute atomic E-state index is 4.16. The Balaban J connectivity index is 1.85. The van der Waals surface area contributed by atoms with Gasteiger partial charge < -0.3 is 5.32 Å². The van der Waals surface area contributed by atoms with Crippen molar-refractivity contribution in [3.05, 3.63) is 18.5 Å². The quantitative estimate of drug-likeness (QED) is 0.666. The zero-order valence-corrected chi connectivity index (χ0v) is 9.95. The molecule has 1 N–H and O–H groups in total. The van der Waals surface area contributed by atoms with Crippen LogP contribution in [0.25, 0.3) is 0 Å². The molecule has 0 atom stereocenters. The zero-order valence-electron chi connectivity index (χ0n) is 9.95. The molecule has 3 heteroatoms. The second kappa shape index (κ2) is 7.46. The fourth-order valence-electron chi connectivity index (χ4n) is 1.56. The second-order valence-electron chi connectivity index (χ2n) is 4.41. The lowest BCUT2D eigenvalue weighted by molar-refractivity contribution is 0.504. The van der Waals surface area contributed by atoms with Crippen molar-refractivity contribution in [2.45, 2.75) is 39.7 Å². The van der Waals surface area contributed by atoms with Crippen LogP contribution in [0.1, 0.15) is 33.1 Å². The summed E-state index contributed by atoms with van der Waals surface area (Å²) < 4.78 is 1.98. The summed E-state index contributed by atoms with van der Waals surface area (Å²) in [5.41, 5.74) is 0. The van der Waals surface area contributed by atoms with E-state index in [1.54, 1.807) is 0 Å². The first-order chi connectivity index (χ1) is 7.29. The lowest BCUT2D eigenvalue weighted by atomic mass is 10.1. The molecule has 3 nitrogen and oxygen atoms in total. The minimum absolute atomic E-state index is 0.830. The van der Waals surface area contributed by atoms with Gasteiger partial charge in [0.25, 0.3) is 0 Å². The van der Waals surface area contributed by atoms with Crippen molar-refractivity contribution in [2.24, 2.45) is 5.92 Å². The molecular weight excluding hydrogens is 186 g/mol. The fourth-order valence-corrected chi connectivity index (χ4v) is 1.56. The number of hydrogen-bond acceptors (Lipinski definition) is 2. The van der Waals surface area contributed by atoms with Gasteiger partial charge in [0.1, 0.15) is 0 Å². The highest BCUT2D eigenvalue weighted by atomic mass is 15.3. The second-order valence-corrected chi connectivity index (χ2v) is 4.41. The Hall–Kier alpha value is -0.830. The van der Waals surface area contributed by atoms with Gasteiger partial charge in [0.2, 0.25) is 0 Å². The van der Waals surface area contributed by atoms with Crippen LogP contribution in [0, 0.1) is 5.92 Å². The third kappa shape index (κ3) is 6.28. The normalized spacial score (nSPS) is 11.1. The lowest BCUT2D eigenvalue weighted by Gasteiger charge is -2.06. The Morgan fingerprint density at radius 2 is 2.07 bits per heavy atom. The maximum Gasteiger partial charge on any atom is 0.0489 e. The molecule has 0 saturated carbocycles. The van der Waals surface area contributed by atoms with E-state index in [1.807, 2.05) is 23.1 Å². The van der Waals surface area contributed by atoms with Crippen LogP contribution in [0.15, 0.2) is 18.5 Å². The molecule has 1 rings (SSSR count). The first-order valence-corrected chi connectivity index (χ1v) is 5.97. The standard InChI is InChI=1S/C12H23N3/c1-12(2)6-3-7-13-8-4-10-15-11-5-9-14-15/h5,9,11-13H,3-4,6-8,10H2,1-2H3. The number of aryl methyl sites for hydroxylation is 1. The molecule has 0 radical (unpaired) electrons. The maximum atomic E-state index is 4.16. The Morgan fingerprint density at radius 3 is 2.73 bits per heavy atom. The van der Waals surface area contributed by atoms with Crippen LogP contribution in [0.5, 0.6) is 0 Å². The van der Waals surface area contributed by atoms with Crippen LogP contribution >= 0.6 is 0 Å². The van der Waals surface area contributed by atoms with Crippen LogP contribution < -0.4 is 5.32 Å². The molecule has 86 valence electrons. The van der Waals surface area contributed by atoms with E-state index < -0.39 is 0 Å². The first kappa shape index (κ1) is 12.2. The van der Waals surface area contributed by atoms with E-state index in [9.17, 15) is 0 Å². The molecule has 0 fully saturated rings. The highest BCUT2D eigenvalue weighted by Gasteiger charge is 1.94. The van der Waals surface area contributed by atoms with Gasteiger partial charge in [0.05, 0.1) is 0 Å². The first-order valence-electron chi connectivity index (χ1n) is 5.97. The SMILES string of the molecule is CC(C)CCCNCCCn1cccn1. The Kier molecular flexibility index (Phi) is 6.09. The minimum Gasteiger partial charge on any atom is -0.317 e. The average molecular weight is 209 g/mol. The molecule has 1 aromatic heterocycles. The van der Waals surface area contributed by atoms with Crippen molar-refractivity contribution in [1.82, 2.24) is 15.1 Å². The van der Waals surface area contributed by atoms with Crippen LogP contribution in [-0.2, 0) is 6.54 Å². The van der Waals surface area contributed by atoms with Gasteiger partial charge in [-0.2, -0.15) is 5.10 Å². The van der Waals surface area contributed by atoms with Crippen molar-refractivity contribution in [2.75, 3.05) is 13.1 Å². The predicted octanol–water partition coefficient (Wildman–Crippen LogP) is 2.30. The Bertz CT molecular complexity index is 229. The molecule has 1 aromatic rings. The molecule has 15 heavy (non-hydrogen) atoms. The average Bonchev–Trinajstić information content (AvgIpc) is 2.68. The third-order valence-electron chi connectivity index (χ3n) is 2.43. The summed E-state index contributed by atoms with van der Waals surface area (Å²) in [5.74, 6) is 0.830. The lowest BCUT2D eigenvalue weighted by Crippen LogP contribution is -2.18. The Morgan fingerprint density at radius 1 is 1.27 bits per heavy atom. The van der Waals surface area contributed by atoms with E-state index >= 15 is 0 Å². The van der Waals surface area contributed by atoms with Crippen molar-refractivity contribution < 1.29 is 0 Å². The summed E-state index contributed by atoms with van der Waals surface area (Å²) in [7, 11) is 0. The van der Waals surface area contributed by atoms with Gasteiger partial charge in [-0.15, -0.1) is 0 Å². The van der Waals surface area contributed by atoms with Gasteiger partial charge in [-0.3, -0.25) is 4.68 Å². The summed E-state index contributed by atoms with van der Waals surface area (Å²) in [4.78, 5) is 0. The molecule has 0 bridgehead atoms. The fraction of sp³-hybridized carbons (Fsp3) is 0.750. The summed E-state index contributed by atoms with van der Waals surface area (Å²) in [6.07, 6.45) is 7.61. The van der Waals surface area contributed by atoms with Crippen molar-refractivity contribution >= 4 is 0 Å². The summed E-state index contributed by atoms with van der Waals surface area (Å²) >= 11 is 0. The zero-order chi connectivity index (χ0) is 10.9. The van der Waals surface area contributed by atoms with Crippen LogP contribution in [-0.4, -0.2) is 22.9 Å². The molecule has 0 spiro atoms. The molecule has 0 aliphatic carbocycles. The molecule has 0 aliphatic heterocycles. The van der Waals surface area contributed by atoms with Gasteiger partial charge in [-0.1, -0.05) is 13.8 Å². The van der Waals surface area contributed by atoms with E-state index in [1.165, 1.54) is 12.8 Å². The van der Waals surface area contributed by atoms with E-state index in [2.05, 4.69) is 24.3 Å². The third-order valence-corrected chi connectivity index (χ3v) is 2.43. The largest absolute Gasteiger partial charge is 0.317 e. The minimum atomic E-state index is 0.830. The number of nitrogens with zero attached hydrogens (tertiary/aromatic N) is 2. The molecular formula is C12H23N3. The Labute approximate surface area is 92.9 Å². The highest BCUT2D eigenvalue weighted by Crippen LogP contribution is 2.01. The molecule has 0 unspecified atom stereocenters. The smallest absolute Gasteiger partial charge is 0.0489 e. The van der Waals surface area contributed by atoms with E-state index in [-0.39, 0.29) is 0 Å². The number of rotatable bonds is 8. The van der Waals surface area contributed by atoms with E-state index in [0.29, 0.717) is 0 Å². The number of nitrogens with one attached hydrogen (secondary N) is 1. The number of aromatic nitrogens is 2. The van der Waals surface area contributed by atoms with Crippen molar-refractivity contribution in [1.29, 1.82) is 0 Å². The number of hydrogen-bond donors (Lipinski definition) is 1. The van der Waals surface area contributed by atoms with Gasteiger partial charge in [-0.05, 0) is 44.3 Å². The molecule has 0 aliphatic rings. The van der Waals surface area contributed by atoms with Crippen LogP contribution in [0.2, 0.25) is 0 Å². The monoisotopic (exact) mass is 209 g/mol. The summed E-state index contributed by atoms with van der Waals surface area (Å²) in [5, 5.41) is 7.62. The van der Waals surface area contributed by atoms with Crippen molar-refractivity contribution in [3.63, 3.8) is 0 Å². The molecule has 0 amide bonds. The van der Waals surface area contributed by atoms with Crippen LogP contribution in [0.3, 0.4) is 0 Å². The van der Waals surface area contributed by atoms with Gasteiger partial charge >= 0.3 is 0 Å². The summed E-state index contributed by atoms with van der Waals surface area (Å²) in [6.45, 7) is 7.81.